The lowest BCUT2D eigenvalue weighted by molar-refractivity contribution is 0.0828. The van der Waals surface area contributed by atoms with Crippen molar-refractivity contribution in [3.8, 4) is 0 Å². The predicted octanol–water partition coefficient (Wildman–Crippen LogP) is 0.707. The fourth-order valence-corrected chi connectivity index (χ4v) is 0.685. The van der Waals surface area contributed by atoms with Gasteiger partial charge in [0.2, 0.25) is 0 Å². The van der Waals surface area contributed by atoms with Gasteiger partial charge in [-0.3, -0.25) is 0 Å². The highest BCUT2D eigenvalue weighted by molar-refractivity contribution is 4.67. The van der Waals surface area contributed by atoms with Crippen LogP contribution >= 0.6 is 0 Å². The Bertz CT molecular complexity index is 73.3. The third kappa shape index (κ3) is 2.82. The van der Waals surface area contributed by atoms with Gasteiger partial charge in [-0.05, 0) is 27.4 Å². The zero-order valence-electron chi connectivity index (χ0n) is 6.76. The molecule has 9 heavy (non-hydrogen) atoms. The van der Waals surface area contributed by atoms with Gasteiger partial charge in [-0.1, -0.05) is 6.92 Å². The summed E-state index contributed by atoms with van der Waals surface area (Å²) in [7, 11) is 3.95. The predicted molar refractivity (Wildman–Crippen MR) is 39.4 cm³/mol. The summed E-state index contributed by atoms with van der Waals surface area (Å²) in [6, 6.07) is 0.273. The summed E-state index contributed by atoms with van der Waals surface area (Å²) in [4.78, 5) is 2.02. The molecular weight excluding hydrogens is 114 g/mol. The molecule has 0 rings (SSSR count). The van der Waals surface area contributed by atoms with E-state index in [-0.39, 0.29) is 12.1 Å². The third-order valence-corrected chi connectivity index (χ3v) is 1.79. The van der Waals surface area contributed by atoms with E-state index < -0.39 is 0 Å². The second-order valence-corrected chi connectivity index (χ2v) is 2.68. The summed E-state index contributed by atoms with van der Waals surface area (Å²) in [5.74, 6) is 0. The van der Waals surface area contributed by atoms with Crippen LogP contribution in [-0.2, 0) is 0 Å². The maximum atomic E-state index is 9.26. The monoisotopic (exact) mass is 131 g/mol. The first kappa shape index (κ1) is 8.92. The summed E-state index contributed by atoms with van der Waals surface area (Å²) in [5, 5.41) is 9.26. The van der Waals surface area contributed by atoms with E-state index in [1.807, 2.05) is 32.8 Å². The number of aliphatic hydroxyl groups is 1. The topological polar surface area (TPSA) is 23.5 Å². The highest BCUT2D eigenvalue weighted by atomic mass is 16.3. The minimum Gasteiger partial charge on any atom is -0.392 e. The van der Waals surface area contributed by atoms with Gasteiger partial charge in [-0.25, -0.2) is 0 Å². The Morgan fingerprint density at radius 3 is 2.00 bits per heavy atom. The second-order valence-electron chi connectivity index (χ2n) is 2.68. The average Bonchev–Trinajstić information content (AvgIpc) is 1.84. The van der Waals surface area contributed by atoms with E-state index >= 15 is 0 Å². The molecule has 0 spiro atoms. The molecule has 0 fully saturated rings. The fourth-order valence-electron chi connectivity index (χ4n) is 0.685. The van der Waals surface area contributed by atoms with Crippen molar-refractivity contribution in [1.29, 1.82) is 0 Å². The van der Waals surface area contributed by atoms with Crippen LogP contribution in [0.15, 0.2) is 0 Å². The molecule has 0 radical (unpaired) electrons. The molecule has 0 aliphatic carbocycles. The molecule has 0 bridgehead atoms. The quantitative estimate of drug-likeness (QED) is 0.609. The molecular formula is C7H17NO. The molecule has 2 atom stereocenters. The number of aliphatic hydroxyl groups excluding tert-OH is 1. The van der Waals surface area contributed by atoms with Gasteiger partial charge in [0.25, 0.3) is 0 Å². The van der Waals surface area contributed by atoms with Crippen LogP contribution in [0.4, 0.5) is 0 Å². The molecule has 0 saturated carbocycles. The maximum absolute atomic E-state index is 9.26. The second kappa shape index (κ2) is 3.85. The smallest absolute Gasteiger partial charge is 0.0689 e. The number of nitrogens with zero attached hydrogens (tertiary/aromatic N) is 1. The van der Waals surface area contributed by atoms with Crippen molar-refractivity contribution in [2.75, 3.05) is 14.1 Å². The van der Waals surface area contributed by atoms with E-state index in [1.54, 1.807) is 0 Å². The number of rotatable bonds is 3. The number of hydrogen-bond donors (Lipinski definition) is 1. The van der Waals surface area contributed by atoms with Crippen molar-refractivity contribution < 1.29 is 5.11 Å². The molecule has 0 aliphatic rings. The van der Waals surface area contributed by atoms with E-state index in [0.717, 1.165) is 6.42 Å². The van der Waals surface area contributed by atoms with Crippen molar-refractivity contribution >= 4 is 0 Å². The zero-order valence-corrected chi connectivity index (χ0v) is 6.76. The van der Waals surface area contributed by atoms with Crippen LogP contribution in [0.1, 0.15) is 20.3 Å². The van der Waals surface area contributed by atoms with Crippen molar-refractivity contribution in [3.05, 3.63) is 0 Å². The van der Waals surface area contributed by atoms with E-state index in [2.05, 4.69) is 0 Å². The lowest BCUT2D eigenvalue weighted by Gasteiger charge is -2.23. The number of likely N-dealkylation sites (N-methyl/N-ethyl adjacent to an activating group) is 1. The van der Waals surface area contributed by atoms with Gasteiger partial charge in [0.1, 0.15) is 0 Å². The normalized spacial score (nSPS) is 18.0. The lowest BCUT2D eigenvalue weighted by atomic mass is 10.1. The first-order valence-electron chi connectivity index (χ1n) is 3.44. The minimum absolute atomic E-state index is 0.181. The molecule has 0 heterocycles. The minimum atomic E-state index is -0.181. The molecule has 0 saturated heterocycles. The van der Waals surface area contributed by atoms with Crippen molar-refractivity contribution in [1.82, 2.24) is 4.90 Å². The van der Waals surface area contributed by atoms with E-state index in [9.17, 15) is 5.11 Å². The molecule has 0 aromatic heterocycles. The highest BCUT2D eigenvalue weighted by Crippen LogP contribution is 2.01. The van der Waals surface area contributed by atoms with Gasteiger partial charge < -0.3 is 10.0 Å². The van der Waals surface area contributed by atoms with Crippen LogP contribution in [0.2, 0.25) is 0 Å². The molecule has 1 N–H and O–H groups in total. The first-order valence-corrected chi connectivity index (χ1v) is 3.44. The van der Waals surface area contributed by atoms with E-state index in [0.29, 0.717) is 0 Å². The molecule has 56 valence electrons. The standard InChI is InChI=1S/C7H17NO/c1-5-7(9)6(2)8(3)4/h6-7,9H,5H2,1-4H3/t6-,7?/m0/s1. The molecule has 1 unspecified atom stereocenters. The van der Waals surface area contributed by atoms with E-state index in [1.165, 1.54) is 0 Å². The Morgan fingerprint density at radius 1 is 1.44 bits per heavy atom. The lowest BCUT2D eigenvalue weighted by Crippen LogP contribution is -2.35. The maximum Gasteiger partial charge on any atom is 0.0689 e. The van der Waals surface area contributed by atoms with Crippen molar-refractivity contribution in [2.45, 2.75) is 32.4 Å². The van der Waals surface area contributed by atoms with Gasteiger partial charge >= 0.3 is 0 Å². The third-order valence-electron chi connectivity index (χ3n) is 1.79. The Labute approximate surface area is 57.5 Å². The van der Waals surface area contributed by atoms with Crippen LogP contribution in [0.3, 0.4) is 0 Å². The molecule has 2 nitrogen and oxygen atoms in total. The van der Waals surface area contributed by atoms with Gasteiger partial charge in [0.15, 0.2) is 0 Å². The van der Waals surface area contributed by atoms with Crippen molar-refractivity contribution in [2.24, 2.45) is 0 Å². The Hall–Kier alpha value is -0.0800. The summed E-state index contributed by atoms with van der Waals surface area (Å²) in [5.41, 5.74) is 0. The van der Waals surface area contributed by atoms with Crippen LogP contribution in [0.5, 0.6) is 0 Å². The molecule has 0 aromatic rings. The van der Waals surface area contributed by atoms with Gasteiger partial charge in [0.05, 0.1) is 6.10 Å². The largest absolute Gasteiger partial charge is 0.392 e. The van der Waals surface area contributed by atoms with Crippen LogP contribution in [-0.4, -0.2) is 36.2 Å². The van der Waals surface area contributed by atoms with Gasteiger partial charge in [0, 0.05) is 6.04 Å². The Kier molecular flexibility index (Phi) is 3.82. The molecule has 2 heteroatoms. The fraction of sp³-hybridized carbons (Fsp3) is 1.00. The number of hydrogen-bond acceptors (Lipinski definition) is 2. The average molecular weight is 131 g/mol. The summed E-state index contributed by atoms with van der Waals surface area (Å²) >= 11 is 0. The van der Waals surface area contributed by atoms with Crippen molar-refractivity contribution in [3.63, 3.8) is 0 Å². The van der Waals surface area contributed by atoms with Gasteiger partial charge in [-0.2, -0.15) is 0 Å². The molecule has 0 amide bonds. The molecule has 0 aliphatic heterocycles. The van der Waals surface area contributed by atoms with Gasteiger partial charge in [-0.15, -0.1) is 0 Å². The summed E-state index contributed by atoms with van der Waals surface area (Å²) in [6.07, 6.45) is 0.652. The van der Waals surface area contributed by atoms with Crippen LogP contribution in [0.25, 0.3) is 0 Å². The van der Waals surface area contributed by atoms with E-state index in [4.69, 9.17) is 0 Å². The zero-order chi connectivity index (χ0) is 7.44. The highest BCUT2D eigenvalue weighted by Gasteiger charge is 2.12. The van der Waals surface area contributed by atoms with Crippen LogP contribution < -0.4 is 0 Å². The van der Waals surface area contributed by atoms with Crippen LogP contribution in [0, 0.1) is 0 Å². The summed E-state index contributed by atoms with van der Waals surface area (Å²) in [6.45, 7) is 4.01. The SMILES string of the molecule is CCC(O)[C@H](C)N(C)C. The Balaban J connectivity index is 3.58. The first-order chi connectivity index (χ1) is 4.09. The molecule has 0 aromatic carbocycles. The Morgan fingerprint density at radius 2 is 1.89 bits per heavy atom. The summed E-state index contributed by atoms with van der Waals surface area (Å²) < 4.78 is 0.